The molecule has 3 rings (SSSR count). The van der Waals surface area contributed by atoms with Crippen molar-refractivity contribution in [1.82, 2.24) is 5.32 Å². The van der Waals surface area contributed by atoms with Crippen LogP contribution in [-0.2, 0) is 6.42 Å². The zero-order valence-electron chi connectivity index (χ0n) is 13.5. The number of benzene rings is 1. The molecule has 1 aromatic carbocycles. The number of aryl methyl sites for hydroxylation is 4. The number of fused-ring (bicyclic) bond motifs is 1. The highest BCUT2D eigenvalue weighted by atomic mass is 32.1. The number of hydrogen-bond donors (Lipinski definition) is 1. The maximum absolute atomic E-state index is 3.87. The Bertz CT molecular complexity index is 641. The fourth-order valence-electron chi connectivity index (χ4n) is 3.50. The zero-order chi connectivity index (χ0) is 15.0. The summed E-state index contributed by atoms with van der Waals surface area (Å²) in [5, 5.41) is 6.12. The second-order valence-electron chi connectivity index (χ2n) is 6.43. The van der Waals surface area contributed by atoms with Crippen molar-refractivity contribution in [1.29, 1.82) is 0 Å². The van der Waals surface area contributed by atoms with Crippen molar-refractivity contribution in [3.8, 4) is 0 Å². The van der Waals surface area contributed by atoms with Crippen LogP contribution in [0.15, 0.2) is 23.6 Å². The fraction of sp³-hybridized carbons (Fsp3) is 0.474. The van der Waals surface area contributed by atoms with Gasteiger partial charge in [0.1, 0.15) is 0 Å². The van der Waals surface area contributed by atoms with Crippen molar-refractivity contribution >= 4 is 11.3 Å². The normalized spacial score (nSPS) is 19.3. The predicted octanol–water partition coefficient (Wildman–Crippen LogP) is 5.40. The number of nitrogens with one attached hydrogen (secondary N) is 1. The lowest BCUT2D eigenvalue weighted by Gasteiger charge is -2.28. The molecule has 21 heavy (non-hydrogen) atoms. The van der Waals surface area contributed by atoms with Gasteiger partial charge in [0.25, 0.3) is 0 Å². The van der Waals surface area contributed by atoms with Crippen molar-refractivity contribution in [3.63, 3.8) is 0 Å². The van der Waals surface area contributed by atoms with E-state index in [-0.39, 0.29) is 0 Å². The van der Waals surface area contributed by atoms with Crippen molar-refractivity contribution in [2.24, 2.45) is 0 Å². The summed E-state index contributed by atoms with van der Waals surface area (Å²) in [4.78, 5) is 1.59. The van der Waals surface area contributed by atoms with Gasteiger partial charge in [0.05, 0.1) is 0 Å². The molecule has 1 N–H and O–H groups in total. The number of rotatable bonds is 3. The van der Waals surface area contributed by atoms with Gasteiger partial charge in [-0.1, -0.05) is 12.1 Å². The summed E-state index contributed by atoms with van der Waals surface area (Å²) in [6.45, 7) is 8.94. The van der Waals surface area contributed by atoms with E-state index in [9.17, 15) is 0 Å². The van der Waals surface area contributed by atoms with E-state index in [1.54, 1.807) is 10.4 Å². The van der Waals surface area contributed by atoms with E-state index in [1.807, 2.05) is 11.3 Å². The molecule has 2 heteroatoms. The molecule has 2 unspecified atom stereocenters. The SMILES string of the molecule is Cc1cc(C)c(C(C)NC2CCCc3sccc32)cc1C. The maximum Gasteiger partial charge on any atom is 0.0336 e. The van der Waals surface area contributed by atoms with Crippen LogP contribution in [0.25, 0.3) is 0 Å². The average Bonchev–Trinajstić information content (AvgIpc) is 2.92. The molecule has 1 nitrogen and oxygen atoms in total. The minimum Gasteiger partial charge on any atom is -0.303 e. The molecule has 0 radical (unpaired) electrons. The zero-order valence-corrected chi connectivity index (χ0v) is 14.3. The van der Waals surface area contributed by atoms with Gasteiger partial charge in [-0.3, -0.25) is 0 Å². The molecule has 2 aromatic rings. The molecule has 112 valence electrons. The molecular weight excluding hydrogens is 274 g/mol. The van der Waals surface area contributed by atoms with Gasteiger partial charge in [-0.25, -0.2) is 0 Å². The molecule has 0 spiro atoms. The first-order valence-electron chi connectivity index (χ1n) is 7.96. The summed E-state index contributed by atoms with van der Waals surface area (Å²) in [6.07, 6.45) is 3.84. The van der Waals surface area contributed by atoms with E-state index in [1.165, 1.54) is 41.5 Å². The van der Waals surface area contributed by atoms with Crippen LogP contribution in [0, 0.1) is 20.8 Å². The second kappa shape index (κ2) is 5.94. The molecule has 0 amide bonds. The van der Waals surface area contributed by atoms with Crippen LogP contribution in [0.3, 0.4) is 0 Å². The minimum atomic E-state index is 0.403. The topological polar surface area (TPSA) is 12.0 Å². The molecular formula is C19H25NS. The van der Waals surface area contributed by atoms with Gasteiger partial charge in [0, 0.05) is 17.0 Å². The summed E-state index contributed by atoms with van der Waals surface area (Å²) in [5.74, 6) is 0. The number of hydrogen-bond acceptors (Lipinski definition) is 2. The smallest absolute Gasteiger partial charge is 0.0336 e. The van der Waals surface area contributed by atoms with Gasteiger partial charge in [0.2, 0.25) is 0 Å². The highest BCUT2D eigenvalue weighted by molar-refractivity contribution is 7.10. The van der Waals surface area contributed by atoms with E-state index in [0.29, 0.717) is 12.1 Å². The third-order valence-electron chi connectivity index (χ3n) is 4.85. The fourth-order valence-corrected chi connectivity index (χ4v) is 4.49. The lowest BCUT2D eigenvalue weighted by molar-refractivity contribution is 0.417. The molecule has 1 aliphatic rings. The first-order chi connectivity index (χ1) is 10.1. The Hall–Kier alpha value is -1.12. The molecule has 0 bridgehead atoms. The van der Waals surface area contributed by atoms with E-state index in [0.717, 1.165) is 0 Å². The minimum absolute atomic E-state index is 0.403. The quantitative estimate of drug-likeness (QED) is 0.800. The Morgan fingerprint density at radius 2 is 1.90 bits per heavy atom. The van der Waals surface area contributed by atoms with Crippen LogP contribution in [0.1, 0.15) is 64.5 Å². The largest absolute Gasteiger partial charge is 0.303 e. The Labute approximate surface area is 132 Å². The highest BCUT2D eigenvalue weighted by Crippen LogP contribution is 2.35. The van der Waals surface area contributed by atoms with Crippen molar-refractivity contribution in [3.05, 3.63) is 56.3 Å². The van der Waals surface area contributed by atoms with Gasteiger partial charge < -0.3 is 5.32 Å². The standard InChI is InChI=1S/C19H25NS/c1-12-10-14(3)17(11-13(12)2)15(4)20-18-6-5-7-19-16(18)8-9-21-19/h8-11,15,18,20H,5-7H2,1-4H3. The Morgan fingerprint density at radius 1 is 1.14 bits per heavy atom. The molecule has 0 fully saturated rings. The first kappa shape index (κ1) is 14.8. The van der Waals surface area contributed by atoms with Gasteiger partial charge >= 0.3 is 0 Å². The monoisotopic (exact) mass is 299 g/mol. The third kappa shape index (κ3) is 2.93. The summed E-state index contributed by atoms with van der Waals surface area (Å²) in [5.41, 5.74) is 7.17. The lowest BCUT2D eigenvalue weighted by atomic mass is 9.91. The van der Waals surface area contributed by atoms with E-state index >= 15 is 0 Å². The first-order valence-corrected chi connectivity index (χ1v) is 8.84. The van der Waals surface area contributed by atoms with Crippen LogP contribution in [0.5, 0.6) is 0 Å². The van der Waals surface area contributed by atoms with E-state index in [2.05, 4.69) is 56.6 Å². The molecule has 1 heterocycles. The van der Waals surface area contributed by atoms with Crippen molar-refractivity contribution in [2.45, 2.75) is 59.0 Å². The van der Waals surface area contributed by atoms with Crippen molar-refractivity contribution in [2.75, 3.05) is 0 Å². The Kier molecular flexibility index (Phi) is 4.19. The summed E-state index contributed by atoms with van der Waals surface area (Å²) in [7, 11) is 0. The predicted molar refractivity (Wildman–Crippen MR) is 92.2 cm³/mol. The Morgan fingerprint density at radius 3 is 2.71 bits per heavy atom. The highest BCUT2D eigenvalue weighted by Gasteiger charge is 2.23. The molecule has 2 atom stereocenters. The maximum atomic E-state index is 3.87. The van der Waals surface area contributed by atoms with Gasteiger partial charge in [-0.15, -0.1) is 11.3 Å². The summed E-state index contributed by atoms with van der Waals surface area (Å²) in [6, 6.07) is 7.92. The summed E-state index contributed by atoms with van der Waals surface area (Å²) < 4.78 is 0. The third-order valence-corrected chi connectivity index (χ3v) is 5.85. The van der Waals surface area contributed by atoms with Crippen LogP contribution in [0.2, 0.25) is 0 Å². The van der Waals surface area contributed by atoms with Gasteiger partial charge in [-0.2, -0.15) is 0 Å². The van der Waals surface area contributed by atoms with Crippen molar-refractivity contribution < 1.29 is 0 Å². The lowest BCUT2D eigenvalue weighted by Crippen LogP contribution is -2.27. The summed E-state index contributed by atoms with van der Waals surface area (Å²) >= 11 is 1.92. The molecule has 0 saturated carbocycles. The number of thiophene rings is 1. The van der Waals surface area contributed by atoms with Gasteiger partial charge in [-0.05, 0) is 86.2 Å². The van der Waals surface area contributed by atoms with Crippen LogP contribution in [0.4, 0.5) is 0 Å². The van der Waals surface area contributed by atoms with Crippen LogP contribution >= 0.6 is 11.3 Å². The average molecular weight is 299 g/mol. The van der Waals surface area contributed by atoms with Crippen LogP contribution < -0.4 is 5.32 Å². The van der Waals surface area contributed by atoms with E-state index < -0.39 is 0 Å². The Balaban J connectivity index is 1.82. The van der Waals surface area contributed by atoms with Crippen LogP contribution in [-0.4, -0.2) is 0 Å². The molecule has 0 aliphatic heterocycles. The second-order valence-corrected chi connectivity index (χ2v) is 7.43. The molecule has 1 aliphatic carbocycles. The molecule has 0 saturated heterocycles. The van der Waals surface area contributed by atoms with Gasteiger partial charge in [0.15, 0.2) is 0 Å². The van der Waals surface area contributed by atoms with E-state index in [4.69, 9.17) is 0 Å². The molecule has 1 aromatic heterocycles.